The van der Waals surface area contributed by atoms with Crippen molar-refractivity contribution in [3.8, 4) is 11.5 Å². The second-order valence-electron chi connectivity index (χ2n) is 8.34. The van der Waals surface area contributed by atoms with Crippen LogP contribution < -0.4 is 33.3 Å². The van der Waals surface area contributed by atoms with Gasteiger partial charge in [-0.15, -0.1) is 0 Å². The second-order valence-corrected chi connectivity index (χ2v) is 8.34. The Balaban J connectivity index is 0.00000256. The third-order valence-electron chi connectivity index (χ3n) is 6.11. The van der Waals surface area contributed by atoms with Gasteiger partial charge in [-0.2, -0.15) is 4.57 Å². The van der Waals surface area contributed by atoms with Crippen molar-refractivity contribution in [3.63, 3.8) is 0 Å². The molecule has 160 valence electrons. The zero-order valence-electron chi connectivity index (χ0n) is 17.5. The molecule has 4 heteroatoms. The van der Waals surface area contributed by atoms with Crippen LogP contribution in [0.5, 0.6) is 11.5 Å². The van der Waals surface area contributed by atoms with Crippen LogP contribution in [0.25, 0.3) is 10.9 Å². The highest BCUT2D eigenvalue weighted by Crippen LogP contribution is 2.28. The molecule has 0 aliphatic heterocycles. The van der Waals surface area contributed by atoms with E-state index in [9.17, 15) is 4.39 Å². The summed E-state index contributed by atoms with van der Waals surface area (Å²) in [4.78, 5) is 0. The molecule has 1 aliphatic rings. The number of aromatic nitrogens is 1. The van der Waals surface area contributed by atoms with E-state index in [-0.39, 0.29) is 29.8 Å². The van der Waals surface area contributed by atoms with Crippen LogP contribution in [0.15, 0.2) is 60.8 Å². The van der Waals surface area contributed by atoms with E-state index in [4.69, 9.17) is 4.74 Å². The molecule has 0 amide bonds. The number of aryl methyl sites for hydroxylation is 1. The van der Waals surface area contributed by atoms with Crippen LogP contribution in [-0.4, -0.2) is 0 Å². The van der Waals surface area contributed by atoms with Gasteiger partial charge in [-0.3, -0.25) is 0 Å². The van der Waals surface area contributed by atoms with Gasteiger partial charge in [0.1, 0.15) is 18.1 Å². The highest BCUT2D eigenvalue weighted by atomic mass is 127. The predicted molar refractivity (Wildman–Crippen MR) is 116 cm³/mol. The van der Waals surface area contributed by atoms with E-state index in [1.54, 1.807) is 12.1 Å². The van der Waals surface area contributed by atoms with Gasteiger partial charge in [0.15, 0.2) is 5.75 Å². The molecule has 1 heterocycles. The van der Waals surface area contributed by atoms with Crippen molar-refractivity contribution in [2.45, 2.75) is 64.3 Å². The van der Waals surface area contributed by atoms with E-state index in [0.29, 0.717) is 5.75 Å². The molecule has 0 N–H and O–H groups in total. The number of nitrogens with zero attached hydrogens (tertiary/aromatic N) is 1. The smallest absolute Gasteiger partial charge is 0.212 e. The van der Waals surface area contributed by atoms with E-state index in [2.05, 4.69) is 41.1 Å². The summed E-state index contributed by atoms with van der Waals surface area (Å²) >= 11 is 0. The highest BCUT2D eigenvalue weighted by molar-refractivity contribution is 5.76. The zero-order valence-corrected chi connectivity index (χ0v) is 19.7. The SMILES string of the molecule is Fc1ccc(Oc2cc3ccccc3[n+](CCCCCC3CCCCC3)c2)cc1.[I-]. The molecule has 0 unspecified atom stereocenters. The van der Waals surface area contributed by atoms with Gasteiger partial charge >= 0.3 is 0 Å². The van der Waals surface area contributed by atoms with Crippen molar-refractivity contribution >= 4 is 10.9 Å². The van der Waals surface area contributed by atoms with Crippen LogP contribution in [0.1, 0.15) is 57.8 Å². The molecular formula is C26H31FINO. The summed E-state index contributed by atoms with van der Waals surface area (Å²) < 4.78 is 21.5. The van der Waals surface area contributed by atoms with E-state index in [1.807, 2.05) is 0 Å². The standard InChI is InChI=1S/C26H31FNO.HI/c27-23-14-16-24(17-15-23)29-25-19-22-12-6-7-13-26(22)28(20-25)18-8-2-5-11-21-9-3-1-4-10-21;/h6-7,12-17,19-21H,1-5,8-11,18H2;1H/q+1;/p-1. The monoisotopic (exact) mass is 519 g/mol. The molecule has 1 saturated carbocycles. The van der Waals surface area contributed by atoms with Crippen molar-refractivity contribution in [2.75, 3.05) is 0 Å². The Morgan fingerprint density at radius 3 is 2.43 bits per heavy atom. The van der Waals surface area contributed by atoms with Crippen LogP contribution in [0.3, 0.4) is 0 Å². The summed E-state index contributed by atoms with van der Waals surface area (Å²) in [6, 6.07) is 16.7. The average Bonchev–Trinajstić information content (AvgIpc) is 2.76. The van der Waals surface area contributed by atoms with Crippen molar-refractivity contribution in [1.82, 2.24) is 0 Å². The Bertz CT molecular complexity index is 922. The van der Waals surface area contributed by atoms with Crippen molar-refractivity contribution in [3.05, 3.63) is 66.6 Å². The first-order valence-electron chi connectivity index (χ1n) is 11.1. The normalized spacial score (nSPS) is 14.4. The summed E-state index contributed by atoms with van der Waals surface area (Å²) in [7, 11) is 0. The molecule has 1 aromatic heterocycles. The Morgan fingerprint density at radius 1 is 0.867 bits per heavy atom. The molecule has 0 bridgehead atoms. The van der Waals surface area contributed by atoms with Gasteiger partial charge in [-0.25, -0.2) is 4.39 Å². The molecule has 3 aromatic rings. The lowest BCUT2D eigenvalue weighted by molar-refractivity contribution is -0.672. The molecule has 30 heavy (non-hydrogen) atoms. The summed E-state index contributed by atoms with van der Waals surface area (Å²) in [5.74, 6) is 2.17. The van der Waals surface area contributed by atoms with Crippen LogP contribution >= 0.6 is 0 Å². The minimum atomic E-state index is -0.251. The van der Waals surface area contributed by atoms with Gasteiger partial charge in [-0.05, 0) is 42.7 Å². The fourth-order valence-corrected chi connectivity index (χ4v) is 4.53. The van der Waals surface area contributed by atoms with Gasteiger partial charge < -0.3 is 28.7 Å². The molecule has 2 nitrogen and oxygen atoms in total. The number of hydrogen-bond donors (Lipinski definition) is 0. The number of ether oxygens (including phenoxy) is 1. The third-order valence-corrected chi connectivity index (χ3v) is 6.11. The molecule has 0 atom stereocenters. The topological polar surface area (TPSA) is 13.1 Å². The third kappa shape index (κ3) is 6.40. The first-order chi connectivity index (χ1) is 14.3. The Kier molecular flexibility index (Phi) is 8.91. The van der Waals surface area contributed by atoms with Gasteiger partial charge in [0.05, 0.1) is 5.39 Å². The largest absolute Gasteiger partial charge is 1.00 e. The zero-order chi connectivity index (χ0) is 19.9. The van der Waals surface area contributed by atoms with E-state index in [1.165, 1.54) is 75.4 Å². The van der Waals surface area contributed by atoms with Gasteiger partial charge in [0, 0.05) is 18.6 Å². The molecule has 4 rings (SSSR count). The maximum Gasteiger partial charge on any atom is 0.212 e. The lowest BCUT2D eigenvalue weighted by Gasteiger charge is -2.21. The molecule has 0 radical (unpaired) electrons. The van der Waals surface area contributed by atoms with Crippen LogP contribution in [0.4, 0.5) is 4.39 Å². The number of halogens is 2. The number of unbranched alkanes of at least 4 members (excludes halogenated alkanes) is 2. The van der Waals surface area contributed by atoms with Crippen LogP contribution in [-0.2, 0) is 6.54 Å². The number of rotatable bonds is 8. The van der Waals surface area contributed by atoms with Gasteiger partial charge in [-0.1, -0.05) is 57.1 Å². The van der Waals surface area contributed by atoms with E-state index >= 15 is 0 Å². The molecule has 0 saturated heterocycles. The Hall–Kier alpha value is -1.69. The van der Waals surface area contributed by atoms with Crippen molar-refractivity contribution in [2.24, 2.45) is 5.92 Å². The molecule has 1 aliphatic carbocycles. The number of para-hydroxylation sites is 1. The number of hydrogen-bond acceptors (Lipinski definition) is 1. The summed E-state index contributed by atoms with van der Waals surface area (Å²) in [6.07, 6.45) is 14.5. The Morgan fingerprint density at radius 2 is 1.63 bits per heavy atom. The first-order valence-corrected chi connectivity index (χ1v) is 11.1. The lowest BCUT2D eigenvalue weighted by Crippen LogP contribution is -3.00. The molecule has 0 spiro atoms. The fourth-order valence-electron chi connectivity index (χ4n) is 4.53. The Labute approximate surface area is 196 Å². The van der Waals surface area contributed by atoms with Gasteiger partial charge in [0.25, 0.3) is 0 Å². The quantitative estimate of drug-likeness (QED) is 0.247. The summed E-state index contributed by atoms with van der Waals surface area (Å²) in [6.45, 7) is 0.992. The maximum absolute atomic E-state index is 13.2. The number of fused-ring (bicyclic) bond motifs is 1. The van der Waals surface area contributed by atoms with Gasteiger partial charge in [0.2, 0.25) is 11.7 Å². The molecule has 1 fully saturated rings. The number of pyridine rings is 1. The minimum Gasteiger partial charge on any atom is -1.00 e. The molecule has 2 aromatic carbocycles. The van der Waals surface area contributed by atoms with Crippen LogP contribution in [0.2, 0.25) is 0 Å². The number of benzene rings is 2. The molecular weight excluding hydrogens is 488 g/mol. The van der Waals surface area contributed by atoms with E-state index < -0.39 is 0 Å². The summed E-state index contributed by atoms with van der Waals surface area (Å²) in [5.41, 5.74) is 1.23. The van der Waals surface area contributed by atoms with Crippen molar-refractivity contribution < 1.29 is 37.7 Å². The van der Waals surface area contributed by atoms with E-state index in [0.717, 1.165) is 23.6 Å². The van der Waals surface area contributed by atoms with Crippen molar-refractivity contribution in [1.29, 1.82) is 0 Å². The van der Waals surface area contributed by atoms with Crippen LogP contribution in [0, 0.1) is 11.7 Å². The average molecular weight is 519 g/mol. The summed E-state index contributed by atoms with van der Waals surface area (Å²) in [5, 5.41) is 1.16. The predicted octanol–water partition coefficient (Wildman–Crippen LogP) is 4.20. The minimum absolute atomic E-state index is 0. The maximum atomic E-state index is 13.2. The first kappa shape index (κ1) is 23.0. The highest BCUT2D eigenvalue weighted by Gasteiger charge is 2.14. The fraction of sp³-hybridized carbons (Fsp3) is 0.423. The lowest BCUT2D eigenvalue weighted by atomic mass is 9.85. The second kappa shape index (κ2) is 11.6.